The summed E-state index contributed by atoms with van der Waals surface area (Å²) in [5, 5.41) is 15.5. The largest absolute Gasteiger partial charge is 0.396 e. The summed E-state index contributed by atoms with van der Waals surface area (Å²) in [5.74, 6) is 2.14. The van der Waals surface area contributed by atoms with Crippen LogP contribution in [0, 0.1) is 19.8 Å². The van der Waals surface area contributed by atoms with Gasteiger partial charge in [0.15, 0.2) is 0 Å². The molecule has 2 rings (SSSR count). The molecule has 0 saturated heterocycles. The van der Waals surface area contributed by atoms with E-state index in [0.29, 0.717) is 5.92 Å². The Morgan fingerprint density at radius 1 is 1.39 bits per heavy atom. The summed E-state index contributed by atoms with van der Waals surface area (Å²) < 4.78 is 0. The molecule has 0 amide bonds. The van der Waals surface area contributed by atoms with Gasteiger partial charge in [-0.2, -0.15) is 0 Å². The van der Waals surface area contributed by atoms with Gasteiger partial charge in [0.2, 0.25) is 0 Å². The molecular weight excluding hydrogens is 246 g/mol. The van der Waals surface area contributed by atoms with Crippen LogP contribution in [-0.4, -0.2) is 28.2 Å². The zero-order chi connectivity index (χ0) is 13.1. The summed E-state index contributed by atoms with van der Waals surface area (Å²) in [5.41, 5.74) is 1.22. The first-order valence-electron chi connectivity index (χ1n) is 6.19. The second-order valence-corrected chi connectivity index (χ2v) is 5.57. The van der Waals surface area contributed by atoms with Crippen molar-refractivity contribution in [2.75, 3.05) is 18.5 Å². The molecule has 0 saturated carbocycles. The first-order chi connectivity index (χ1) is 8.61. The number of aliphatic hydroxyl groups excluding tert-OH is 1. The smallest absolute Gasteiger partial charge is 0.138 e. The Bertz CT molecular complexity index is 538. The fourth-order valence-electron chi connectivity index (χ4n) is 1.91. The van der Waals surface area contributed by atoms with E-state index in [4.69, 9.17) is 5.11 Å². The van der Waals surface area contributed by atoms with Crippen molar-refractivity contribution < 1.29 is 5.11 Å². The van der Waals surface area contributed by atoms with Gasteiger partial charge in [0, 0.05) is 13.2 Å². The maximum Gasteiger partial charge on any atom is 0.138 e. The van der Waals surface area contributed by atoms with Crippen LogP contribution in [0.3, 0.4) is 0 Å². The van der Waals surface area contributed by atoms with Gasteiger partial charge in [0.1, 0.15) is 16.5 Å². The van der Waals surface area contributed by atoms with Crippen molar-refractivity contribution in [1.82, 2.24) is 9.97 Å². The number of hydrogen-bond donors (Lipinski definition) is 2. The van der Waals surface area contributed by atoms with E-state index in [-0.39, 0.29) is 6.61 Å². The maximum absolute atomic E-state index is 8.91. The molecule has 98 valence electrons. The second kappa shape index (κ2) is 5.63. The Kier molecular flexibility index (Phi) is 4.14. The molecule has 1 unspecified atom stereocenters. The van der Waals surface area contributed by atoms with E-state index in [9.17, 15) is 0 Å². The van der Waals surface area contributed by atoms with Crippen LogP contribution in [0.15, 0.2) is 5.38 Å². The van der Waals surface area contributed by atoms with Gasteiger partial charge in [0.25, 0.3) is 0 Å². The van der Waals surface area contributed by atoms with Gasteiger partial charge in [-0.15, -0.1) is 11.3 Å². The lowest BCUT2D eigenvalue weighted by Crippen LogP contribution is -2.14. The topological polar surface area (TPSA) is 58.0 Å². The molecule has 2 heterocycles. The average Bonchev–Trinajstić information content (AvgIpc) is 2.68. The monoisotopic (exact) mass is 265 g/mol. The molecule has 0 aliphatic heterocycles. The van der Waals surface area contributed by atoms with Crippen molar-refractivity contribution in [2.24, 2.45) is 5.92 Å². The Morgan fingerprint density at radius 2 is 2.17 bits per heavy atom. The van der Waals surface area contributed by atoms with E-state index in [2.05, 4.69) is 34.5 Å². The van der Waals surface area contributed by atoms with Crippen molar-refractivity contribution in [1.29, 1.82) is 0 Å². The number of thiophene rings is 1. The summed E-state index contributed by atoms with van der Waals surface area (Å²) in [7, 11) is 0. The molecule has 0 aromatic carbocycles. The highest BCUT2D eigenvalue weighted by Crippen LogP contribution is 2.29. The summed E-state index contributed by atoms with van der Waals surface area (Å²) in [6.07, 6.45) is 0.808. The van der Waals surface area contributed by atoms with Crippen LogP contribution < -0.4 is 5.32 Å². The number of nitrogens with zero attached hydrogens (tertiary/aromatic N) is 2. The van der Waals surface area contributed by atoms with E-state index in [1.165, 1.54) is 5.56 Å². The molecule has 0 spiro atoms. The van der Waals surface area contributed by atoms with Crippen LogP contribution in [0.2, 0.25) is 0 Å². The molecule has 2 aromatic heterocycles. The minimum absolute atomic E-state index is 0.235. The van der Waals surface area contributed by atoms with E-state index in [0.717, 1.165) is 34.8 Å². The first kappa shape index (κ1) is 13.2. The normalized spacial score (nSPS) is 12.9. The molecule has 2 N–H and O–H groups in total. The third-order valence-electron chi connectivity index (χ3n) is 2.97. The fourth-order valence-corrected chi connectivity index (χ4v) is 2.88. The summed E-state index contributed by atoms with van der Waals surface area (Å²) in [4.78, 5) is 9.98. The lowest BCUT2D eigenvalue weighted by molar-refractivity contribution is 0.266. The zero-order valence-corrected chi connectivity index (χ0v) is 11.8. The van der Waals surface area contributed by atoms with Crippen molar-refractivity contribution in [3.8, 4) is 0 Å². The molecule has 0 bridgehead atoms. The predicted molar refractivity (Wildman–Crippen MR) is 76.2 cm³/mol. The Labute approximate surface area is 111 Å². The quantitative estimate of drug-likeness (QED) is 0.872. The van der Waals surface area contributed by atoms with Crippen molar-refractivity contribution >= 4 is 27.4 Å². The number of rotatable bonds is 5. The van der Waals surface area contributed by atoms with Gasteiger partial charge in [-0.25, -0.2) is 9.97 Å². The fraction of sp³-hybridized carbons (Fsp3) is 0.538. The number of aliphatic hydroxyl groups is 1. The number of anilines is 1. The van der Waals surface area contributed by atoms with E-state index in [1.54, 1.807) is 11.3 Å². The summed E-state index contributed by atoms with van der Waals surface area (Å²) in [6.45, 7) is 7.17. The average molecular weight is 265 g/mol. The van der Waals surface area contributed by atoms with Crippen LogP contribution in [-0.2, 0) is 0 Å². The molecule has 4 nitrogen and oxygen atoms in total. The standard InChI is InChI=1S/C13H19N3OS/c1-8(4-5-17)6-14-12-11-9(2)7-18-13(11)16-10(3)15-12/h7-8,17H,4-6H2,1-3H3,(H,14,15,16). The highest BCUT2D eigenvalue weighted by Gasteiger charge is 2.11. The van der Waals surface area contributed by atoms with Crippen molar-refractivity contribution in [2.45, 2.75) is 27.2 Å². The molecule has 2 aromatic rings. The summed E-state index contributed by atoms with van der Waals surface area (Å²) >= 11 is 1.66. The SMILES string of the molecule is Cc1nc(NCC(C)CCO)c2c(C)csc2n1. The van der Waals surface area contributed by atoms with Gasteiger partial charge in [-0.05, 0) is 37.1 Å². The Balaban J connectivity index is 2.23. The summed E-state index contributed by atoms with van der Waals surface area (Å²) in [6, 6.07) is 0. The molecule has 0 radical (unpaired) electrons. The van der Waals surface area contributed by atoms with Crippen LogP contribution in [0.1, 0.15) is 24.7 Å². The molecular formula is C13H19N3OS. The number of aryl methyl sites for hydroxylation is 2. The van der Waals surface area contributed by atoms with Crippen LogP contribution in [0.5, 0.6) is 0 Å². The molecule has 0 aliphatic rings. The van der Waals surface area contributed by atoms with Crippen LogP contribution >= 0.6 is 11.3 Å². The first-order valence-corrected chi connectivity index (χ1v) is 7.07. The van der Waals surface area contributed by atoms with Gasteiger partial charge in [-0.3, -0.25) is 0 Å². The predicted octanol–water partition coefficient (Wildman–Crippen LogP) is 2.74. The van der Waals surface area contributed by atoms with Gasteiger partial charge in [-0.1, -0.05) is 6.92 Å². The third-order valence-corrected chi connectivity index (χ3v) is 3.96. The minimum Gasteiger partial charge on any atom is -0.396 e. The van der Waals surface area contributed by atoms with Crippen molar-refractivity contribution in [3.63, 3.8) is 0 Å². The minimum atomic E-state index is 0.235. The zero-order valence-electron chi connectivity index (χ0n) is 11.0. The second-order valence-electron chi connectivity index (χ2n) is 4.72. The highest BCUT2D eigenvalue weighted by molar-refractivity contribution is 7.17. The van der Waals surface area contributed by atoms with E-state index in [1.807, 2.05) is 6.92 Å². The molecule has 18 heavy (non-hydrogen) atoms. The molecule has 1 atom stereocenters. The molecule has 5 heteroatoms. The Hall–Kier alpha value is -1.20. The van der Waals surface area contributed by atoms with Crippen molar-refractivity contribution in [3.05, 3.63) is 16.8 Å². The van der Waals surface area contributed by atoms with Gasteiger partial charge >= 0.3 is 0 Å². The number of aromatic nitrogens is 2. The molecule has 0 aliphatic carbocycles. The maximum atomic E-state index is 8.91. The van der Waals surface area contributed by atoms with Crippen LogP contribution in [0.4, 0.5) is 5.82 Å². The molecule has 0 fully saturated rings. The highest BCUT2D eigenvalue weighted by atomic mass is 32.1. The lowest BCUT2D eigenvalue weighted by Gasteiger charge is -2.13. The van der Waals surface area contributed by atoms with Gasteiger partial charge < -0.3 is 10.4 Å². The number of fused-ring (bicyclic) bond motifs is 1. The van der Waals surface area contributed by atoms with Gasteiger partial charge in [0.05, 0.1) is 5.39 Å². The number of hydrogen-bond acceptors (Lipinski definition) is 5. The third kappa shape index (κ3) is 2.79. The number of nitrogens with one attached hydrogen (secondary N) is 1. The lowest BCUT2D eigenvalue weighted by atomic mass is 10.1. The van der Waals surface area contributed by atoms with E-state index >= 15 is 0 Å². The van der Waals surface area contributed by atoms with E-state index < -0.39 is 0 Å². The van der Waals surface area contributed by atoms with Crippen LogP contribution in [0.25, 0.3) is 10.2 Å². The Morgan fingerprint density at radius 3 is 2.89 bits per heavy atom.